The van der Waals surface area contributed by atoms with Gasteiger partial charge >= 0.3 is 0 Å². The number of methoxy groups -OCH3 is 2. The average molecular weight is 132 g/mol. The summed E-state index contributed by atoms with van der Waals surface area (Å²) in [5.74, 6) is 0. The third-order valence-electron chi connectivity index (χ3n) is 1.36. The van der Waals surface area contributed by atoms with Gasteiger partial charge in [-0.15, -0.1) is 0 Å². The van der Waals surface area contributed by atoms with Crippen molar-refractivity contribution in [3.63, 3.8) is 0 Å². The Morgan fingerprint density at radius 3 is 2.44 bits per heavy atom. The van der Waals surface area contributed by atoms with E-state index in [1.54, 1.807) is 14.2 Å². The zero-order valence-electron chi connectivity index (χ0n) is 6.52. The minimum absolute atomic E-state index is 0.375. The lowest BCUT2D eigenvalue weighted by Gasteiger charge is -2.07. The number of ether oxygens (including phenoxy) is 2. The Bertz CT molecular complexity index is 54.9. The monoisotopic (exact) mass is 132 g/mol. The fourth-order valence-corrected chi connectivity index (χ4v) is 0.633. The zero-order valence-corrected chi connectivity index (χ0v) is 6.52. The summed E-state index contributed by atoms with van der Waals surface area (Å²) in [6.07, 6.45) is 2.55. The zero-order chi connectivity index (χ0) is 7.11. The van der Waals surface area contributed by atoms with E-state index >= 15 is 0 Å². The fourth-order valence-electron chi connectivity index (χ4n) is 0.633. The summed E-state index contributed by atoms with van der Waals surface area (Å²) in [6, 6.07) is 0. The molecule has 0 N–H and O–H groups in total. The van der Waals surface area contributed by atoms with Crippen molar-refractivity contribution in [1.29, 1.82) is 0 Å². The maximum Gasteiger partial charge on any atom is 0.0544 e. The molecule has 0 radical (unpaired) electrons. The van der Waals surface area contributed by atoms with Crippen molar-refractivity contribution in [1.82, 2.24) is 0 Å². The largest absolute Gasteiger partial charge is 0.385 e. The smallest absolute Gasteiger partial charge is 0.0544 e. The van der Waals surface area contributed by atoms with Gasteiger partial charge in [-0.2, -0.15) is 0 Å². The number of hydrogen-bond donors (Lipinski definition) is 0. The standard InChI is InChI=1S/C7H16O2/c1-7(9-3)5-4-6-8-2/h7H,4-6H2,1-3H3. The first-order valence-corrected chi connectivity index (χ1v) is 3.33. The molecule has 0 bridgehead atoms. The van der Waals surface area contributed by atoms with E-state index in [-0.39, 0.29) is 0 Å². The summed E-state index contributed by atoms with van der Waals surface area (Å²) >= 11 is 0. The van der Waals surface area contributed by atoms with Gasteiger partial charge in [-0.3, -0.25) is 0 Å². The van der Waals surface area contributed by atoms with Gasteiger partial charge in [0.25, 0.3) is 0 Å². The molecule has 0 aromatic heterocycles. The van der Waals surface area contributed by atoms with Crippen molar-refractivity contribution in [2.45, 2.75) is 25.9 Å². The molecule has 0 aromatic carbocycles. The Morgan fingerprint density at radius 2 is 2.00 bits per heavy atom. The molecule has 2 heteroatoms. The van der Waals surface area contributed by atoms with Gasteiger partial charge in [0.1, 0.15) is 0 Å². The van der Waals surface area contributed by atoms with Gasteiger partial charge in [0.15, 0.2) is 0 Å². The van der Waals surface area contributed by atoms with Crippen molar-refractivity contribution in [2.75, 3.05) is 20.8 Å². The molecular weight excluding hydrogens is 116 g/mol. The van der Waals surface area contributed by atoms with Crippen molar-refractivity contribution in [3.05, 3.63) is 0 Å². The summed E-state index contributed by atoms with van der Waals surface area (Å²) in [7, 11) is 3.45. The third kappa shape index (κ3) is 5.80. The quantitative estimate of drug-likeness (QED) is 0.527. The molecule has 0 aliphatic carbocycles. The lowest BCUT2D eigenvalue weighted by molar-refractivity contribution is 0.0971. The van der Waals surface area contributed by atoms with E-state index < -0.39 is 0 Å². The first kappa shape index (κ1) is 8.92. The van der Waals surface area contributed by atoms with Crippen LogP contribution in [-0.4, -0.2) is 26.9 Å². The van der Waals surface area contributed by atoms with E-state index in [9.17, 15) is 0 Å². The van der Waals surface area contributed by atoms with Crippen LogP contribution in [0.2, 0.25) is 0 Å². The van der Waals surface area contributed by atoms with Gasteiger partial charge in [0.05, 0.1) is 6.10 Å². The van der Waals surface area contributed by atoms with Crippen LogP contribution in [0, 0.1) is 0 Å². The number of hydrogen-bond acceptors (Lipinski definition) is 2. The minimum Gasteiger partial charge on any atom is -0.385 e. The normalized spacial score (nSPS) is 13.7. The van der Waals surface area contributed by atoms with E-state index in [0.29, 0.717) is 6.10 Å². The Labute approximate surface area is 57.2 Å². The summed E-state index contributed by atoms with van der Waals surface area (Å²) in [4.78, 5) is 0. The number of rotatable bonds is 5. The topological polar surface area (TPSA) is 18.5 Å². The first-order valence-electron chi connectivity index (χ1n) is 3.33. The highest BCUT2D eigenvalue weighted by atomic mass is 16.5. The molecule has 0 rings (SSSR count). The van der Waals surface area contributed by atoms with Crippen LogP contribution in [0.25, 0.3) is 0 Å². The molecule has 2 nitrogen and oxygen atoms in total. The van der Waals surface area contributed by atoms with Crippen molar-refractivity contribution in [3.8, 4) is 0 Å². The SMILES string of the molecule is COCCCC(C)OC. The molecule has 0 aliphatic rings. The maximum atomic E-state index is 5.04. The predicted octanol–water partition coefficient (Wildman–Crippen LogP) is 1.45. The Morgan fingerprint density at radius 1 is 1.33 bits per heavy atom. The molecule has 0 amide bonds. The highest BCUT2D eigenvalue weighted by molar-refractivity contribution is 4.47. The van der Waals surface area contributed by atoms with Gasteiger partial charge in [-0.05, 0) is 19.8 Å². The molecule has 0 aromatic rings. The molecule has 0 saturated carbocycles. The minimum atomic E-state index is 0.375. The van der Waals surface area contributed by atoms with Crippen LogP contribution >= 0.6 is 0 Å². The van der Waals surface area contributed by atoms with Gasteiger partial charge in [-0.25, -0.2) is 0 Å². The van der Waals surface area contributed by atoms with Crippen LogP contribution in [0.5, 0.6) is 0 Å². The van der Waals surface area contributed by atoms with Gasteiger partial charge in [0, 0.05) is 20.8 Å². The molecule has 0 spiro atoms. The maximum absolute atomic E-state index is 5.04. The Balaban J connectivity index is 2.88. The van der Waals surface area contributed by atoms with Crippen LogP contribution in [0.15, 0.2) is 0 Å². The highest BCUT2D eigenvalue weighted by Crippen LogP contribution is 1.98. The second-order valence-electron chi connectivity index (χ2n) is 2.18. The van der Waals surface area contributed by atoms with Crippen molar-refractivity contribution in [2.24, 2.45) is 0 Å². The molecule has 0 saturated heterocycles. The molecule has 56 valence electrons. The van der Waals surface area contributed by atoms with Crippen LogP contribution in [0.1, 0.15) is 19.8 Å². The van der Waals surface area contributed by atoms with Crippen molar-refractivity contribution < 1.29 is 9.47 Å². The summed E-state index contributed by atoms with van der Waals surface area (Å²) in [6.45, 7) is 2.91. The first-order chi connectivity index (χ1) is 4.31. The molecule has 0 aliphatic heterocycles. The highest BCUT2D eigenvalue weighted by Gasteiger charge is 1.96. The molecular formula is C7H16O2. The van der Waals surface area contributed by atoms with Crippen LogP contribution in [0.4, 0.5) is 0 Å². The molecule has 9 heavy (non-hydrogen) atoms. The summed E-state index contributed by atoms with van der Waals surface area (Å²) in [5, 5.41) is 0. The van der Waals surface area contributed by atoms with Crippen LogP contribution in [0.3, 0.4) is 0 Å². The van der Waals surface area contributed by atoms with Crippen molar-refractivity contribution >= 4 is 0 Å². The van der Waals surface area contributed by atoms with Gasteiger partial charge < -0.3 is 9.47 Å². The Kier molecular flexibility index (Phi) is 5.99. The summed E-state index contributed by atoms with van der Waals surface area (Å²) < 4.78 is 9.92. The third-order valence-corrected chi connectivity index (χ3v) is 1.36. The lowest BCUT2D eigenvalue weighted by atomic mass is 10.2. The second kappa shape index (κ2) is 6.05. The Hall–Kier alpha value is -0.0800. The summed E-state index contributed by atoms with van der Waals surface area (Å²) in [5.41, 5.74) is 0. The van der Waals surface area contributed by atoms with E-state index in [0.717, 1.165) is 19.4 Å². The lowest BCUT2D eigenvalue weighted by Crippen LogP contribution is -2.05. The second-order valence-corrected chi connectivity index (χ2v) is 2.18. The molecule has 1 atom stereocenters. The van der Waals surface area contributed by atoms with Gasteiger partial charge in [-0.1, -0.05) is 0 Å². The molecule has 0 fully saturated rings. The molecule has 1 unspecified atom stereocenters. The average Bonchev–Trinajstić information content (AvgIpc) is 1.89. The van der Waals surface area contributed by atoms with E-state index in [1.807, 2.05) is 0 Å². The van der Waals surface area contributed by atoms with E-state index in [1.165, 1.54) is 0 Å². The predicted molar refractivity (Wildman–Crippen MR) is 37.6 cm³/mol. The van der Waals surface area contributed by atoms with E-state index in [2.05, 4.69) is 6.92 Å². The fraction of sp³-hybridized carbons (Fsp3) is 1.00. The van der Waals surface area contributed by atoms with Crippen LogP contribution in [-0.2, 0) is 9.47 Å². The molecule has 0 heterocycles. The van der Waals surface area contributed by atoms with Gasteiger partial charge in [0.2, 0.25) is 0 Å². The van der Waals surface area contributed by atoms with E-state index in [4.69, 9.17) is 9.47 Å². The van der Waals surface area contributed by atoms with Crippen LogP contribution < -0.4 is 0 Å².